The molecule has 1 N–H and O–H groups in total. The highest BCUT2D eigenvalue weighted by atomic mass is 19.1. The van der Waals surface area contributed by atoms with E-state index in [-0.39, 0.29) is 17.6 Å². The Labute approximate surface area is 102 Å². The number of ether oxygens (including phenoxy) is 1. The Morgan fingerprint density at radius 2 is 1.88 bits per heavy atom. The molecule has 4 heteroatoms. The molecule has 0 unspecified atom stereocenters. The Balaban J connectivity index is 1.70. The number of hydrogen-bond acceptors (Lipinski definition) is 2. The Hall–Kier alpha value is -0.800. The highest BCUT2D eigenvalue weighted by Gasteiger charge is 2.59. The Morgan fingerprint density at radius 3 is 2.29 bits per heavy atom. The number of carbonyl (C=O) groups is 1. The lowest BCUT2D eigenvalue weighted by Crippen LogP contribution is -2.60. The molecule has 2 rings (SSSR count). The average molecular weight is 243 g/mol. The predicted octanol–water partition coefficient (Wildman–Crippen LogP) is 3.18. The topological polar surface area (TPSA) is 38.3 Å². The first-order valence-electron chi connectivity index (χ1n) is 6.28. The number of amides is 1. The van der Waals surface area contributed by atoms with Gasteiger partial charge in [-0.1, -0.05) is 0 Å². The maximum atomic E-state index is 13.4. The minimum absolute atomic E-state index is 0.168. The van der Waals surface area contributed by atoms with E-state index in [0.717, 1.165) is 12.8 Å². The van der Waals surface area contributed by atoms with E-state index in [1.165, 1.54) is 0 Å². The normalized spacial score (nSPS) is 40.4. The van der Waals surface area contributed by atoms with Gasteiger partial charge < -0.3 is 10.1 Å². The van der Waals surface area contributed by atoms with Gasteiger partial charge in [-0.2, -0.15) is 0 Å². The van der Waals surface area contributed by atoms with Crippen LogP contribution in [0.1, 0.15) is 53.4 Å². The molecular weight excluding hydrogens is 221 g/mol. The molecule has 1 spiro atoms. The summed E-state index contributed by atoms with van der Waals surface area (Å²) in [6.45, 7) is 7.19. The maximum absolute atomic E-state index is 13.4. The van der Waals surface area contributed by atoms with Crippen LogP contribution in [0.2, 0.25) is 0 Å². The van der Waals surface area contributed by atoms with Gasteiger partial charge in [-0.05, 0) is 58.8 Å². The minimum Gasteiger partial charge on any atom is -0.444 e. The summed E-state index contributed by atoms with van der Waals surface area (Å²) in [4.78, 5) is 11.5. The highest BCUT2D eigenvalue weighted by molar-refractivity contribution is 5.68. The van der Waals surface area contributed by atoms with Crippen molar-refractivity contribution in [3.63, 3.8) is 0 Å². The summed E-state index contributed by atoms with van der Waals surface area (Å²) >= 11 is 0. The zero-order chi connectivity index (χ0) is 12.9. The molecule has 2 aliphatic carbocycles. The van der Waals surface area contributed by atoms with E-state index in [4.69, 9.17) is 4.74 Å². The van der Waals surface area contributed by atoms with E-state index in [2.05, 4.69) is 5.32 Å². The molecule has 0 heterocycles. The molecule has 0 aromatic rings. The zero-order valence-corrected chi connectivity index (χ0v) is 11.1. The summed E-state index contributed by atoms with van der Waals surface area (Å²) in [5.41, 5.74) is -1.26. The van der Waals surface area contributed by atoms with Gasteiger partial charge in [0.2, 0.25) is 0 Å². The quantitative estimate of drug-likeness (QED) is 0.768. The maximum Gasteiger partial charge on any atom is 0.407 e. The van der Waals surface area contributed by atoms with Crippen LogP contribution in [0.3, 0.4) is 0 Å². The Kier molecular flexibility index (Phi) is 2.68. The molecule has 1 amide bonds. The fourth-order valence-electron chi connectivity index (χ4n) is 3.36. The third kappa shape index (κ3) is 2.90. The van der Waals surface area contributed by atoms with Crippen LogP contribution in [0.25, 0.3) is 0 Å². The average Bonchev–Trinajstić information content (AvgIpc) is 1.92. The van der Waals surface area contributed by atoms with Crippen LogP contribution < -0.4 is 5.32 Å². The molecule has 0 aliphatic heterocycles. The van der Waals surface area contributed by atoms with Crippen LogP contribution >= 0.6 is 0 Å². The number of halogens is 1. The molecule has 2 fully saturated rings. The third-order valence-corrected chi connectivity index (χ3v) is 3.57. The molecule has 0 aromatic carbocycles. The first-order chi connectivity index (χ1) is 7.59. The van der Waals surface area contributed by atoms with Crippen molar-refractivity contribution in [2.45, 2.75) is 70.7 Å². The van der Waals surface area contributed by atoms with E-state index in [0.29, 0.717) is 12.8 Å². The van der Waals surface area contributed by atoms with E-state index >= 15 is 0 Å². The van der Waals surface area contributed by atoms with E-state index in [1.54, 1.807) is 6.92 Å². The number of rotatable bonds is 1. The molecule has 0 bridgehead atoms. The summed E-state index contributed by atoms with van der Waals surface area (Å²) in [7, 11) is 0. The fourth-order valence-corrected chi connectivity index (χ4v) is 3.36. The van der Waals surface area contributed by atoms with E-state index in [1.807, 2.05) is 20.8 Å². The number of alkyl carbamates (subject to hydrolysis) is 1. The fraction of sp³-hybridized carbons (Fsp3) is 0.923. The molecule has 2 saturated carbocycles. The molecule has 0 aromatic heterocycles. The summed E-state index contributed by atoms with van der Waals surface area (Å²) in [5.74, 6) is 0. The van der Waals surface area contributed by atoms with Crippen LogP contribution in [-0.4, -0.2) is 23.4 Å². The van der Waals surface area contributed by atoms with Gasteiger partial charge in [0.15, 0.2) is 0 Å². The van der Waals surface area contributed by atoms with Gasteiger partial charge in [0, 0.05) is 6.04 Å². The number of nitrogens with one attached hydrogen (secondary N) is 1. The molecule has 0 radical (unpaired) electrons. The van der Waals surface area contributed by atoms with Crippen LogP contribution in [-0.2, 0) is 4.74 Å². The minimum atomic E-state index is -0.975. The van der Waals surface area contributed by atoms with Gasteiger partial charge in [-0.15, -0.1) is 0 Å². The standard InChI is InChI=1S/C13H22FNO2/c1-11(2,3)17-10(16)15-9-5-13(6-9)7-12(4,14)8-13/h9H,5-8H2,1-4H3,(H,15,16). The predicted molar refractivity (Wildman–Crippen MR) is 63.6 cm³/mol. The molecule has 0 saturated heterocycles. The van der Waals surface area contributed by atoms with Gasteiger partial charge in [-0.3, -0.25) is 0 Å². The van der Waals surface area contributed by atoms with Crippen molar-refractivity contribution >= 4 is 6.09 Å². The van der Waals surface area contributed by atoms with Gasteiger partial charge in [0.05, 0.1) is 0 Å². The number of alkyl halides is 1. The van der Waals surface area contributed by atoms with Crippen molar-refractivity contribution in [1.82, 2.24) is 5.32 Å². The van der Waals surface area contributed by atoms with Crippen molar-refractivity contribution in [3.8, 4) is 0 Å². The second kappa shape index (κ2) is 3.59. The first-order valence-corrected chi connectivity index (χ1v) is 6.28. The number of carbonyl (C=O) groups excluding carboxylic acids is 1. The SMILES string of the molecule is CC1(F)CC2(CC(NC(=O)OC(C)(C)C)C2)C1. The summed E-state index contributed by atoms with van der Waals surface area (Å²) < 4.78 is 18.6. The van der Waals surface area contributed by atoms with E-state index in [9.17, 15) is 9.18 Å². The monoisotopic (exact) mass is 243 g/mol. The summed E-state index contributed by atoms with van der Waals surface area (Å²) in [5, 5.41) is 2.84. The Bertz CT molecular complexity index is 317. The van der Waals surface area contributed by atoms with Gasteiger partial charge in [0.1, 0.15) is 11.3 Å². The van der Waals surface area contributed by atoms with Gasteiger partial charge in [0.25, 0.3) is 0 Å². The van der Waals surface area contributed by atoms with Crippen LogP contribution in [0.15, 0.2) is 0 Å². The summed E-state index contributed by atoms with van der Waals surface area (Å²) in [6, 6.07) is 0.168. The van der Waals surface area contributed by atoms with Crippen LogP contribution in [0, 0.1) is 5.41 Å². The molecule has 0 atom stereocenters. The molecule has 2 aliphatic rings. The first kappa shape index (κ1) is 12.7. The lowest BCUT2D eigenvalue weighted by molar-refractivity contribution is -0.117. The molecule has 3 nitrogen and oxygen atoms in total. The molecular formula is C13H22FNO2. The third-order valence-electron chi connectivity index (χ3n) is 3.57. The lowest BCUT2D eigenvalue weighted by Gasteiger charge is -2.59. The van der Waals surface area contributed by atoms with Gasteiger partial charge in [-0.25, -0.2) is 9.18 Å². The van der Waals surface area contributed by atoms with Crippen molar-refractivity contribution in [1.29, 1.82) is 0 Å². The van der Waals surface area contributed by atoms with Gasteiger partial charge >= 0.3 is 6.09 Å². The highest BCUT2D eigenvalue weighted by Crippen LogP contribution is 2.61. The van der Waals surface area contributed by atoms with Crippen molar-refractivity contribution in [2.24, 2.45) is 5.41 Å². The van der Waals surface area contributed by atoms with Crippen LogP contribution in [0.4, 0.5) is 9.18 Å². The zero-order valence-electron chi connectivity index (χ0n) is 11.1. The smallest absolute Gasteiger partial charge is 0.407 e. The van der Waals surface area contributed by atoms with Crippen molar-refractivity contribution in [2.75, 3.05) is 0 Å². The lowest BCUT2D eigenvalue weighted by atomic mass is 9.49. The van der Waals surface area contributed by atoms with Crippen LogP contribution in [0.5, 0.6) is 0 Å². The second-order valence-corrected chi connectivity index (χ2v) is 7.02. The van der Waals surface area contributed by atoms with E-state index < -0.39 is 11.3 Å². The largest absolute Gasteiger partial charge is 0.444 e. The Morgan fingerprint density at radius 1 is 1.35 bits per heavy atom. The van der Waals surface area contributed by atoms with Crippen molar-refractivity contribution in [3.05, 3.63) is 0 Å². The summed E-state index contributed by atoms with van der Waals surface area (Å²) in [6.07, 6.45) is 2.72. The second-order valence-electron chi connectivity index (χ2n) is 7.02. The number of hydrogen-bond donors (Lipinski definition) is 1. The molecule has 17 heavy (non-hydrogen) atoms. The van der Waals surface area contributed by atoms with Crippen molar-refractivity contribution < 1.29 is 13.9 Å². The molecule has 98 valence electrons.